The monoisotopic (exact) mass is 216 g/mol. The Labute approximate surface area is 93.1 Å². The molecule has 1 aliphatic heterocycles. The lowest BCUT2D eigenvalue weighted by Gasteiger charge is -2.32. The Bertz CT molecular complexity index is 441. The fourth-order valence-electron chi connectivity index (χ4n) is 1.57. The molecular formula is C11H12N4O. The van der Waals surface area contributed by atoms with Crippen molar-refractivity contribution in [2.75, 3.05) is 0 Å². The maximum absolute atomic E-state index is 11.0. The third-order valence-corrected chi connectivity index (χ3v) is 2.25. The van der Waals surface area contributed by atoms with Crippen LogP contribution in [-0.2, 0) is 5.66 Å². The zero-order chi connectivity index (χ0) is 11.4. The molecule has 0 aliphatic carbocycles. The molecule has 1 aliphatic rings. The highest BCUT2D eigenvalue weighted by Gasteiger charge is 2.31. The molecule has 5 heteroatoms. The minimum atomic E-state index is -0.859. The number of carbonyl (C=O) groups excluding carboxylic acids is 1. The van der Waals surface area contributed by atoms with Gasteiger partial charge in [-0.05, 0) is 30.5 Å². The van der Waals surface area contributed by atoms with Crippen molar-refractivity contribution in [1.82, 2.24) is 15.6 Å². The molecule has 2 heterocycles. The first-order valence-electron chi connectivity index (χ1n) is 4.84. The largest absolute Gasteiger partial charge is 0.361 e. The van der Waals surface area contributed by atoms with E-state index in [9.17, 15) is 4.79 Å². The van der Waals surface area contributed by atoms with E-state index in [4.69, 9.17) is 5.73 Å². The second-order valence-corrected chi connectivity index (χ2v) is 3.37. The maximum Gasteiger partial charge on any atom is 0.314 e. The van der Waals surface area contributed by atoms with Crippen LogP contribution in [0.1, 0.15) is 5.69 Å². The number of urea groups is 1. The van der Waals surface area contributed by atoms with Crippen LogP contribution in [0.4, 0.5) is 4.79 Å². The lowest BCUT2D eigenvalue weighted by Crippen LogP contribution is -2.55. The molecule has 0 saturated heterocycles. The normalized spacial score (nSPS) is 22.5. The highest BCUT2D eigenvalue weighted by atomic mass is 16.2. The molecule has 2 rings (SSSR count). The van der Waals surface area contributed by atoms with E-state index < -0.39 is 11.7 Å². The van der Waals surface area contributed by atoms with E-state index in [2.05, 4.69) is 15.6 Å². The molecule has 0 aromatic carbocycles. The molecule has 1 aromatic heterocycles. The number of dihydropyridines is 1. The van der Waals surface area contributed by atoms with Crippen molar-refractivity contribution in [3.63, 3.8) is 0 Å². The molecule has 5 nitrogen and oxygen atoms in total. The fourth-order valence-corrected chi connectivity index (χ4v) is 1.57. The van der Waals surface area contributed by atoms with Gasteiger partial charge in [0.2, 0.25) is 0 Å². The molecular weight excluding hydrogens is 204 g/mol. The quantitative estimate of drug-likeness (QED) is 0.676. The number of hydrogen-bond acceptors (Lipinski definition) is 3. The van der Waals surface area contributed by atoms with Crippen molar-refractivity contribution in [3.05, 3.63) is 54.5 Å². The van der Waals surface area contributed by atoms with Crippen LogP contribution in [0.25, 0.3) is 0 Å². The summed E-state index contributed by atoms with van der Waals surface area (Å²) in [5, 5.41) is 5.68. The molecule has 82 valence electrons. The Morgan fingerprint density at radius 1 is 1.44 bits per heavy atom. The van der Waals surface area contributed by atoms with E-state index in [0.29, 0.717) is 5.69 Å². The van der Waals surface area contributed by atoms with Crippen molar-refractivity contribution in [3.8, 4) is 0 Å². The highest BCUT2D eigenvalue weighted by molar-refractivity contribution is 5.73. The highest BCUT2D eigenvalue weighted by Crippen LogP contribution is 2.19. The molecule has 4 N–H and O–H groups in total. The van der Waals surface area contributed by atoms with Crippen LogP contribution in [0.15, 0.2) is 48.8 Å². The molecule has 2 amide bonds. The minimum absolute atomic E-state index is 0.613. The standard InChI is InChI=1S/C11H12N4O/c12-10(16)15-11(6-2-4-8-14-11)9-5-1-3-7-13-9/h1-8,14H,(H3,12,15,16). The van der Waals surface area contributed by atoms with Crippen molar-refractivity contribution >= 4 is 6.03 Å². The van der Waals surface area contributed by atoms with Gasteiger partial charge in [0.15, 0.2) is 5.66 Å². The first kappa shape index (κ1) is 10.2. The number of aromatic nitrogens is 1. The number of pyridine rings is 1. The lowest BCUT2D eigenvalue weighted by molar-refractivity contribution is 0.235. The molecule has 0 saturated carbocycles. The maximum atomic E-state index is 11.0. The number of nitrogens with zero attached hydrogens (tertiary/aromatic N) is 1. The van der Waals surface area contributed by atoms with Crippen LogP contribution < -0.4 is 16.4 Å². The number of carbonyl (C=O) groups is 1. The Morgan fingerprint density at radius 2 is 2.31 bits per heavy atom. The Kier molecular flexibility index (Phi) is 2.59. The van der Waals surface area contributed by atoms with Crippen molar-refractivity contribution < 1.29 is 4.79 Å². The topological polar surface area (TPSA) is 80.0 Å². The van der Waals surface area contributed by atoms with E-state index in [1.165, 1.54) is 0 Å². The van der Waals surface area contributed by atoms with Crippen molar-refractivity contribution in [2.45, 2.75) is 5.66 Å². The summed E-state index contributed by atoms with van der Waals surface area (Å²) in [6.45, 7) is 0. The van der Waals surface area contributed by atoms with E-state index in [0.717, 1.165) is 0 Å². The first-order valence-corrected chi connectivity index (χ1v) is 4.84. The van der Waals surface area contributed by atoms with Gasteiger partial charge >= 0.3 is 6.03 Å². The summed E-state index contributed by atoms with van der Waals surface area (Å²) < 4.78 is 0. The van der Waals surface area contributed by atoms with Crippen LogP contribution in [-0.4, -0.2) is 11.0 Å². The lowest BCUT2D eigenvalue weighted by atomic mass is 10.0. The number of rotatable bonds is 2. The van der Waals surface area contributed by atoms with Crippen LogP contribution >= 0.6 is 0 Å². The number of hydrogen-bond donors (Lipinski definition) is 3. The molecule has 1 atom stereocenters. The predicted octanol–water partition coefficient (Wildman–Crippen LogP) is 0.576. The zero-order valence-corrected chi connectivity index (χ0v) is 8.55. The summed E-state index contributed by atoms with van der Waals surface area (Å²) in [4.78, 5) is 15.2. The van der Waals surface area contributed by atoms with Crippen molar-refractivity contribution in [1.29, 1.82) is 0 Å². The smallest absolute Gasteiger partial charge is 0.314 e. The Hall–Kier alpha value is -2.30. The number of amides is 2. The predicted molar refractivity (Wildman–Crippen MR) is 60.0 cm³/mol. The Morgan fingerprint density at radius 3 is 2.88 bits per heavy atom. The molecule has 0 radical (unpaired) electrons. The molecule has 0 fully saturated rings. The van der Waals surface area contributed by atoms with Gasteiger partial charge in [-0.3, -0.25) is 4.98 Å². The van der Waals surface area contributed by atoms with E-state index in [-0.39, 0.29) is 0 Å². The number of nitrogens with one attached hydrogen (secondary N) is 2. The van der Waals surface area contributed by atoms with Gasteiger partial charge in [-0.1, -0.05) is 12.1 Å². The van der Waals surface area contributed by atoms with Gasteiger partial charge in [0.25, 0.3) is 0 Å². The average Bonchev–Trinajstić information content (AvgIpc) is 2.30. The van der Waals surface area contributed by atoms with Crippen LogP contribution in [0.5, 0.6) is 0 Å². The minimum Gasteiger partial charge on any atom is -0.361 e. The third kappa shape index (κ3) is 1.88. The van der Waals surface area contributed by atoms with Gasteiger partial charge in [-0.2, -0.15) is 0 Å². The summed E-state index contributed by atoms with van der Waals surface area (Å²) in [6, 6.07) is 4.86. The van der Waals surface area contributed by atoms with Gasteiger partial charge in [0, 0.05) is 6.20 Å². The second kappa shape index (κ2) is 4.06. The third-order valence-electron chi connectivity index (χ3n) is 2.25. The summed E-state index contributed by atoms with van der Waals surface area (Å²) in [5.41, 5.74) is 4.99. The van der Waals surface area contributed by atoms with Gasteiger partial charge in [-0.15, -0.1) is 0 Å². The number of nitrogens with two attached hydrogens (primary N) is 1. The average molecular weight is 216 g/mol. The van der Waals surface area contributed by atoms with Gasteiger partial charge in [0.05, 0.1) is 5.69 Å². The SMILES string of the molecule is NC(=O)NC1(c2ccccn2)C=CC=CN1. The zero-order valence-electron chi connectivity index (χ0n) is 8.55. The van der Waals surface area contributed by atoms with Gasteiger partial charge in [-0.25, -0.2) is 4.79 Å². The van der Waals surface area contributed by atoms with Crippen molar-refractivity contribution in [2.24, 2.45) is 5.73 Å². The van der Waals surface area contributed by atoms with Crippen LogP contribution in [0.2, 0.25) is 0 Å². The van der Waals surface area contributed by atoms with E-state index >= 15 is 0 Å². The van der Waals surface area contributed by atoms with E-state index in [1.54, 1.807) is 18.5 Å². The number of allylic oxidation sites excluding steroid dienone is 2. The molecule has 0 bridgehead atoms. The van der Waals surface area contributed by atoms with Crippen LogP contribution in [0, 0.1) is 0 Å². The molecule has 1 aromatic rings. The summed E-state index contributed by atoms with van der Waals surface area (Å²) in [5.74, 6) is 0. The summed E-state index contributed by atoms with van der Waals surface area (Å²) in [6.07, 6.45) is 8.82. The Balaban J connectivity index is 2.39. The molecule has 16 heavy (non-hydrogen) atoms. The number of primary amides is 1. The molecule has 1 unspecified atom stereocenters. The fraction of sp³-hybridized carbons (Fsp3) is 0.0909. The second-order valence-electron chi connectivity index (χ2n) is 3.37. The van der Waals surface area contributed by atoms with Gasteiger partial charge in [0.1, 0.15) is 0 Å². The van der Waals surface area contributed by atoms with Crippen LogP contribution in [0.3, 0.4) is 0 Å². The first-order chi connectivity index (χ1) is 7.73. The molecule has 0 spiro atoms. The van der Waals surface area contributed by atoms with Gasteiger partial charge < -0.3 is 16.4 Å². The summed E-state index contributed by atoms with van der Waals surface area (Å²) >= 11 is 0. The summed E-state index contributed by atoms with van der Waals surface area (Å²) in [7, 11) is 0. The van der Waals surface area contributed by atoms with E-state index in [1.807, 2.05) is 30.4 Å².